The van der Waals surface area contributed by atoms with Gasteiger partial charge in [0, 0.05) is 33.1 Å². The van der Waals surface area contributed by atoms with Crippen LogP contribution < -0.4 is 5.32 Å². The van der Waals surface area contributed by atoms with Gasteiger partial charge in [0.1, 0.15) is 5.82 Å². The summed E-state index contributed by atoms with van der Waals surface area (Å²) in [4.78, 5) is 39.3. The van der Waals surface area contributed by atoms with Gasteiger partial charge >= 0.3 is 0 Å². The molecule has 0 aromatic heterocycles. The van der Waals surface area contributed by atoms with Gasteiger partial charge in [-0.15, -0.1) is 0 Å². The maximum atomic E-state index is 13.1. The number of benzene rings is 1. The second-order valence-electron chi connectivity index (χ2n) is 6.05. The zero-order valence-electron chi connectivity index (χ0n) is 13.1. The number of nitrogens with zero attached hydrogens (tertiary/aromatic N) is 2. The first-order valence-corrected chi connectivity index (χ1v) is 8.04. The summed E-state index contributed by atoms with van der Waals surface area (Å²) in [5.41, 5.74) is 0.243. The number of nitrogens with one attached hydrogen (secondary N) is 1. The highest BCUT2D eigenvalue weighted by Gasteiger charge is 2.43. The van der Waals surface area contributed by atoms with E-state index in [1.54, 1.807) is 16.8 Å². The first-order valence-electron chi connectivity index (χ1n) is 7.66. The van der Waals surface area contributed by atoms with E-state index in [1.807, 2.05) is 0 Å². The van der Waals surface area contributed by atoms with Crippen molar-refractivity contribution in [3.63, 3.8) is 0 Å². The number of carbonyl (C=O) groups excluding carboxylic acids is 3. The molecule has 2 heterocycles. The standard InChI is InChI=1S/C16H17ClFN3O3/c1-19-15(23)9-4-14(22)21(6-9)11-7-20(8-11)16(24)12-3-2-10(18)5-13(12)17/h2-3,5,9,11H,4,6-8H2,1H3,(H,19,23). The van der Waals surface area contributed by atoms with Crippen LogP contribution in [-0.2, 0) is 9.59 Å². The van der Waals surface area contributed by atoms with Crippen LogP contribution in [0.4, 0.5) is 4.39 Å². The van der Waals surface area contributed by atoms with E-state index in [0.29, 0.717) is 19.6 Å². The third-order valence-corrected chi connectivity index (χ3v) is 4.84. The van der Waals surface area contributed by atoms with E-state index in [-0.39, 0.29) is 46.7 Å². The Kier molecular flexibility index (Phi) is 4.45. The molecule has 2 aliphatic rings. The Morgan fingerprint density at radius 1 is 1.29 bits per heavy atom. The molecule has 3 rings (SSSR count). The molecular weight excluding hydrogens is 337 g/mol. The lowest BCUT2D eigenvalue weighted by atomic mass is 10.0. The van der Waals surface area contributed by atoms with Gasteiger partial charge in [-0.25, -0.2) is 4.39 Å². The lowest BCUT2D eigenvalue weighted by molar-refractivity contribution is -0.132. The summed E-state index contributed by atoms with van der Waals surface area (Å²) in [5.74, 6) is -1.33. The van der Waals surface area contributed by atoms with Crippen LogP contribution in [0.3, 0.4) is 0 Å². The van der Waals surface area contributed by atoms with E-state index < -0.39 is 5.82 Å². The number of halogens is 2. The maximum absolute atomic E-state index is 13.1. The van der Waals surface area contributed by atoms with Crippen LogP contribution in [-0.4, -0.2) is 60.2 Å². The Morgan fingerprint density at radius 3 is 2.62 bits per heavy atom. The average Bonchev–Trinajstić information content (AvgIpc) is 2.86. The summed E-state index contributed by atoms with van der Waals surface area (Å²) >= 11 is 5.91. The van der Waals surface area contributed by atoms with Crippen molar-refractivity contribution in [1.29, 1.82) is 0 Å². The molecule has 1 aromatic carbocycles. The van der Waals surface area contributed by atoms with Crippen molar-refractivity contribution in [2.75, 3.05) is 26.7 Å². The van der Waals surface area contributed by atoms with Crippen LogP contribution >= 0.6 is 11.6 Å². The molecule has 0 saturated carbocycles. The molecular formula is C16H17ClFN3O3. The smallest absolute Gasteiger partial charge is 0.255 e. The molecule has 1 N–H and O–H groups in total. The Morgan fingerprint density at radius 2 is 2.00 bits per heavy atom. The highest BCUT2D eigenvalue weighted by atomic mass is 35.5. The van der Waals surface area contributed by atoms with Crippen molar-refractivity contribution in [3.8, 4) is 0 Å². The first-order chi connectivity index (χ1) is 11.4. The molecule has 2 aliphatic heterocycles. The molecule has 0 bridgehead atoms. The molecule has 2 saturated heterocycles. The van der Waals surface area contributed by atoms with E-state index in [1.165, 1.54) is 12.1 Å². The number of carbonyl (C=O) groups is 3. The van der Waals surface area contributed by atoms with Crippen molar-refractivity contribution >= 4 is 29.3 Å². The Labute approximate surface area is 143 Å². The molecule has 24 heavy (non-hydrogen) atoms. The SMILES string of the molecule is CNC(=O)C1CC(=O)N(C2CN(C(=O)c3ccc(F)cc3Cl)C2)C1. The van der Waals surface area contributed by atoms with Gasteiger partial charge in [-0.05, 0) is 18.2 Å². The summed E-state index contributed by atoms with van der Waals surface area (Å²) in [6, 6.07) is 3.56. The third-order valence-electron chi connectivity index (χ3n) is 4.53. The van der Waals surface area contributed by atoms with E-state index >= 15 is 0 Å². The van der Waals surface area contributed by atoms with Crippen molar-refractivity contribution < 1.29 is 18.8 Å². The molecule has 1 aromatic rings. The lowest BCUT2D eigenvalue weighted by Gasteiger charge is -2.44. The van der Waals surface area contributed by atoms with E-state index in [4.69, 9.17) is 11.6 Å². The normalized spacial score (nSPS) is 21.0. The second-order valence-corrected chi connectivity index (χ2v) is 6.46. The van der Waals surface area contributed by atoms with Crippen LogP contribution in [0.2, 0.25) is 5.02 Å². The number of rotatable bonds is 3. The summed E-state index contributed by atoms with van der Waals surface area (Å²) < 4.78 is 13.1. The first kappa shape index (κ1) is 16.7. The number of likely N-dealkylation sites (tertiary alicyclic amines) is 2. The molecule has 0 spiro atoms. The molecule has 0 radical (unpaired) electrons. The second kappa shape index (κ2) is 6.39. The van der Waals surface area contributed by atoms with Crippen LogP contribution in [0.1, 0.15) is 16.8 Å². The van der Waals surface area contributed by atoms with Gasteiger partial charge in [0.05, 0.1) is 22.5 Å². The molecule has 0 aliphatic carbocycles. The van der Waals surface area contributed by atoms with E-state index in [0.717, 1.165) is 6.07 Å². The van der Waals surface area contributed by atoms with Crippen molar-refractivity contribution in [3.05, 3.63) is 34.6 Å². The van der Waals surface area contributed by atoms with Gasteiger partial charge in [-0.3, -0.25) is 14.4 Å². The average molecular weight is 354 g/mol. The summed E-state index contributed by atoms with van der Waals surface area (Å²) in [6.07, 6.45) is 0.202. The number of hydrogen-bond acceptors (Lipinski definition) is 3. The molecule has 1 atom stereocenters. The number of hydrogen-bond donors (Lipinski definition) is 1. The minimum Gasteiger partial charge on any atom is -0.359 e. The van der Waals surface area contributed by atoms with Crippen LogP contribution in [0.5, 0.6) is 0 Å². The van der Waals surface area contributed by atoms with Gasteiger partial charge in [-0.1, -0.05) is 11.6 Å². The Bertz CT molecular complexity index is 706. The minimum absolute atomic E-state index is 0.0690. The zero-order chi connectivity index (χ0) is 17.4. The summed E-state index contributed by atoms with van der Waals surface area (Å²) in [6.45, 7) is 1.15. The van der Waals surface area contributed by atoms with E-state index in [9.17, 15) is 18.8 Å². The molecule has 8 heteroatoms. The lowest BCUT2D eigenvalue weighted by Crippen LogP contribution is -2.61. The quantitative estimate of drug-likeness (QED) is 0.877. The van der Waals surface area contributed by atoms with E-state index in [2.05, 4.69) is 5.32 Å². The molecule has 128 valence electrons. The largest absolute Gasteiger partial charge is 0.359 e. The predicted molar refractivity (Wildman–Crippen MR) is 85.0 cm³/mol. The fraction of sp³-hybridized carbons (Fsp3) is 0.438. The van der Waals surface area contributed by atoms with Gasteiger partial charge < -0.3 is 15.1 Å². The molecule has 1 unspecified atom stereocenters. The maximum Gasteiger partial charge on any atom is 0.255 e. The molecule has 6 nitrogen and oxygen atoms in total. The van der Waals surface area contributed by atoms with Gasteiger partial charge in [0.15, 0.2) is 0 Å². The monoisotopic (exact) mass is 353 g/mol. The fourth-order valence-electron chi connectivity index (χ4n) is 3.12. The number of amides is 3. The summed E-state index contributed by atoms with van der Waals surface area (Å²) in [5, 5.41) is 2.62. The molecule has 3 amide bonds. The third kappa shape index (κ3) is 2.96. The predicted octanol–water partition coefficient (Wildman–Crippen LogP) is 0.898. The van der Waals surface area contributed by atoms with Crippen molar-refractivity contribution in [2.24, 2.45) is 5.92 Å². The molecule has 2 fully saturated rings. The van der Waals surface area contributed by atoms with Crippen LogP contribution in [0.15, 0.2) is 18.2 Å². The zero-order valence-corrected chi connectivity index (χ0v) is 13.8. The topological polar surface area (TPSA) is 69.7 Å². The van der Waals surface area contributed by atoms with Crippen LogP contribution in [0.25, 0.3) is 0 Å². The highest BCUT2D eigenvalue weighted by Crippen LogP contribution is 2.27. The van der Waals surface area contributed by atoms with Gasteiger partial charge in [-0.2, -0.15) is 0 Å². The van der Waals surface area contributed by atoms with Gasteiger partial charge in [0.2, 0.25) is 11.8 Å². The summed E-state index contributed by atoms with van der Waals surface area (Å²) in [7, 11) is 1.55. The van der Waals surface area contributed by atoms with Crippen molar-refractivity contribution in [2.45, 2.75) is 12.5 Å². The minimum atomic E-state index is -0.499. The highest BCUT2D eigenvalue weighted by molar-refractivity contribution is 6.33. The van der Waals surface area contributed by atoms with Crippen molar-refractivity contribution in [1.82, 2.24) is 15.1 Å². The fourth-order valence-corrected chi connectivity index (χ4v) is 3.36. The Balaban J connectivity index is 1.60. The van der Waals surface area contributed by atoms with Gasteiger partial charge in [0.25, 0.3) is 5.91 Å². The Hall–Kier alpha value is -2.15. The van der Waals surface area contributed by atoms with Crippen LogP contribution in [0, 0.1) is 11.7 Å².